The topological polar surface area (TPSA) is 23.8 Å². The third-order valence-electron chi connectivity index (χ3n) is 0. The fourth-order valence-corrected chi connectivity index (χ4v) is 0. The Labute approximate surface area is 83.0 Å². The zero-order chi connectivity index (χ0) is 4.71. The van der Waals surface area contributed by atoms with Crippen molar-refractivity contribution in [1.82, 2.24) is 0 Å². The molecule has 0 unspecified atom stereocenters. The Balaban J connectivity index is -0.0000000105. The van der Waals surface area contributed by atoms with Gasteiger partial charge in [-0.15, -0.1) is 0 Å². The van der Waals surface area contributed by atoms with E-state index >= 15 is 0 Å². The van der Waals surface area contributed by atoms with Crippen LogP contribution in [-0.4, -0.2) is 0 Å². The molecule has 0 aliphatic rings. The maximum absolute atomic E-state index is 7.32. The SMILES string of the molecule is CC#N.[Mo].[Mo].[S-][S-]. The zero-order valence-electron chi connectivity index (χ0n) is 3.58. The summed E-state index contributed by atoms with van der Waals surface area (Å²) in [6.45, 7) is 1.43. The molecule has 7 heavy (non-hydrogen) atoms. The van der Waals surface area contributed by atoms with Gasteiger partial charge in [0.1, 0.15) is 0 Å². The molecule has 0 atom stereocenters. The van der Waals surface area contributed by atoms with Gasteiger partial charge in [-0.25, -0.2) is 0 Å². The van der Waals surface area contributed by atoms with Crippen LogP contribution in [0.4, 0.5) is 0 Å². The Bertz CT molecular complexity index is 35.2. The molecule has 0 saturated heterocycles. The Morgan fingerprint density at radius 2 is 1.29 bits per heavy atom. The molecular formula is C2H3Mo2NS2-2. The summed E-state index contributed by atoms with van der Waals surface area (Å²) in [4.78, 5) is 0. The van der Waals surface area contributed by atoms with Crippen molar-refractivity contribution in [2.45, 2.75) is 6.92 Å². The molecule has 0 aromatic rings. The monoisotopic (exact) mass is 301 g/mol. The predicted octanol–water partition coefficient (Wildman–Crippen LogP) is 0.520. The van der Waals surface area contributed by atoms with Crippen LogP contribution in [0.15, 0.2) is 0 Å². The Morgan fingerprint density at radius 1 is 1.29 bits per heavy atom. The van der Waals surface area contributed by atoms with Crippen LogP contribution in [-0.2, 0) is 65.5 Å². The first-order valence-corrected chi connectivity index (χ1v) is 2.22. The molecule has 0 radical (unpaired) electrons. The van der Waals surface area contributed by atoms with E-state index < -0.39 is 0 Å². The Kier molecular flexibility index (Phi) is 166. The molecular weight excluding hydrogens is 294 g/mol. The predicted molar refractivity (Wildman–Crippen MR) is 26.0 cm³/mol. The summed E-state index contributed by atoms with van der Waals surface area (Å²) in [5.41, 5.74) is 0. The van der Waals surface area contributed by atoms with E-state index in [0.717, 1.165) is 0 Å². The van der Waals surface area contributed by atoms with Crippen molar-refractivity contribution in [1.29, 1.82) is 5.26 Å². The summed E-state index contributed by atoms with van der Waals surface area (Å²) in [6.07, 6.45) is 0. The molecule has 5 heteroatoms. The summed E-state index contributed by atoms with van der Waals surface area (Å²) in [7, 11) is 0. The van der Waals surface area contributed by atoms with Gasteiger partial charge in [0.15, 0.2) is 0 Å². The van der Waals surface area contributed by atoms with Gasteiger partial charge >= 0.3 is 0 Å². The molecule has 42 valence electrons. The van der Waals surface area contributed by atoms with Crippen molar-refractivity contribution in [3.8, 4) is 6.07 Å². The van der Waals surface area contributed by atoms with E-state index in [1.54, 1.807) is 6.07 Å². The van der Waals surface area contributed by atoms with E-state index in [0.29, 0.717) is 0 Å². The molecule has 0 rings (SSSR count). The zero-order valence-corrected chi connectivity index (χ0v) is 9.23. The number of nitriles is 1. The quantitative estimate of drug-likeness (QED) is 0.370. The first-order valence-electron chi connectivity index (χ1n) is 0.890. The summed E-state index contributed by atoms with van der Waals surface area (Å²) in [6, 6.07) is 1.75. The summed E-state index contributed by atoms with van der Waals surface area (Å²) >= 11 is 7.33. The van der Waals surface area contributed by atoms with Crippen LogP contribution < -0.4 is 0 Å². The van der Waals surface area contributed by atoms with Crippen LogP contribution in [0.5, 0.6) is 0 Å². The third kappa shape index (κ3) is 95.5. The van der Waals surface area contributed by atoms with Crippen LogP contribution in [0.1, 0.15) is 6.92 Å². The van der Waals surface area contributed by atoms with Gasteiger partial charge in [-0.1, -0.05) is 0 Å². The minimum absolute atomic E-state index is 0. The van der Waals surface area contributed by atoms with Crippen LogP contribution in [0.3, 0.4) is 0 Å². The molecule has 0 aliphatic carbocycles. The molecule has 0 spiro atoms. The molecule has 1 nitrogen and oxygen atoms in total. The van der Waals surface area contributed by atoms with Crippen molar-refractivity contribution >= 4 is 23.3 Å². The second kappa shape index (κ2) is 49.5. The van der Waals surface area contributed by atoms with Gasteiger partial charge in [-0.3, -0.25) is 0 Å². The minimum Gasteiger partial charge on any atom is -1.00 e. The second-order valence-electron chi connectivity index (χ2n) is 0.224. The van der Waals surface area contributed by atoms with Gasteiger partial charge in [-0.05, 0) is 0 Å². The average molecular weight is 297 g/mol. The molecule has 0 aromatic heterocycles. The Morgan fingerprint density at radius 3 is 1.29 bits per heavy atom. The average Bonchev–Trinajstić information content (AvgIpc) is 1.46. The first kappa shape index (κ1) is 23.5. The normalized spacial score (nSPS) is 2.00. The molecule has 0 amide bonds. The number of hydrogen-bond donors (Lipinski definition) is 0. The van der Waals surface area contributed by atoms with Crippen molar-refractivity contribution in [3.05, 3.63) is 0 Å². The van der Waals surface area contributed by atoms with Gasteiger partial charge in [-0.2, -0.15) is 5.26 Å². The Hall–Kier alpha value is 1.57. The number of rotatable bonds is 0. The third-order valence-corrected chi connectivity index (χ3v) is 0. The molecule has 0 bridgehead atoms. The van der Waals surface area contributed by atoms with E-state index in [9.17, 15) is 0 Å². The van der Waals surface area contributed by atoms with Crippen molar-refractivity contribution < 1.29 is 42.1 Å². The molecule has 0 fully saturated rings. The largest absolute Gasteiger partial charge is 1.00 e. The van der Waals surface area contributed by atoms with E-state index in [-0.39, 0.29) is 42.1 Å². The molecule has 0 aromatic carbocycles. The number of nitrogens with zero attached hydrogens (tertiary/aromatic N) is 1. The summed E-state index contributed by atoms with van der Waals surface area (Å²) in [5, 5.41) is 7.32. The second-order valence-corrected chi connectivity index (χ2v) is 0.224. The van der Waals surface area contributed by atoms with Crippen LogP contribution in [0, 0.1) is 11.3 Å². The minimum atomic E-state index is 0. The standard InChI is InChI=1S/C2H3N.2Mo.S2/c1-2-3;;;1-2/h1H3;;;/q;;;-2. The molecule has 0 heterocycles. The van der Waals surface area contributed by atoms with Crippen LogP contribution >= 0.6 is 0 Å². The summed E-state index contributed by atoms with van der Waals surface area (Å²) in [5.74, 6) is 0. The number of hydrogen-bond acceptors (Lipinski definition) is 3. The molecule has 0 aliphatic heterocycles. The smallest absolute Gasteiger partial charge is 0.0587 e. The first-order chi connectivity index (χ1) is 2.41. The maximum Gasteiger partial charge on any atom is 0.0587 e. The molecule has 0 N–H and O–H groups in total. The van der Waals surface area contributed by atoms with Gasteiger partial charge in [0, 0.05) is 49.1 Å². The van der Waals surface area contributed by atoms with Crippen LogP contribution in [0.25, 0.3) is 0 Å². The maximum atomic E-state index is 7.32. The van der Waals surface area contributed by atoms with Gasteiger partial charge in [0.25, 0.3) is 0 Å². The molecule has 0 saturated carbocycles. The van der Waals surface area contributed by atoms with Crippen molar-refractivity contribution in [2.75, 3.05) is 0 Å². The van der Waals surface area contributed by atoms with E-state index in [1.165, 1.54) is 6.92 Å². The van der Waals surface area contributed by atoms with Gasteiger partial charge in [0.05, 0.1) is 6.07 Å². The fourth-order valence-electron chi connectivity index (χ4n) is 0. The summed E-state index contributed by atoms with van der Waals surface area (Å²) < 4.78 is 0. The van der Waals surface area contributed by atoms with E-state index in [4.69, 9.17) is 5.26 Å². The van der Waals surface area contributed by atoms with Crippen molar-refractivity contribution in [2.24, 2.45) is 0 Å². The van der Waals surface area contributed by atoms with E-state index in [1.807, 2.05) is 0 Å². The van der Waals surface area contributed by atoms with Gasteiger partial charge < -0.3 is 23.3 Å². The van der Waals surface area contributed by atoms with Crippen LogP contribution in [0.2, 0.25) is 0 Å². The fraction of sp³-hybridized carbons (Fsp3) is 0.500. The van der Waals surface area contributed by atoms with Crippen molar-refractivity contribution in [3.63, 3.8) is 0 Å². The van der Waals surface area contributed by atoms with E-state index in [2.05, 4.69) is 23.3 Å². The van der Waals surface area contributed by atoms with Gasteiger partial charge in [0.2, 0.25) is 0 Å².